The van der Waals surface area contributed by atoms with Crippen molar-refractivity contribution in [1.29, 1.82) is 0 Å². The number of benzene rings is 2. The number of hydroxylamine groups is 1. The first-order valence-electron chi connectivity index (χ1n) is 9.88. The highest BCUT2D eigenvalue weighted by molar-refractivity contribution is 7.17. The fourth-order valence-electron chi connectivity index (χ4n) is 3.11. The fourth-order valence-corrected chi connectivity index (χ4v) is 4.54. The van der Waals surface area contributed by atoms with Crippen LogP contribution in [0.5, 0.6) is 0 Å². The summed E-state index contributed by atoms with van der Waals surface area (Å²) < 4.78 is 0. The minimum absolute atomic E-state index is 0.0750. The van der Waals surface area contributed by atoms with Crippen LogP contribution in [-0.2, 0) is 4.79 Å². The number of amides is 2. The minimum atomic E-state index is -0.689. The number of nitrogens with one attached hydrogen (secondary N) is 2. The van der Waals surface area contributed by atoms with Crippen LogP contribution in [0.3, 0.4) is 0 Å². The van der Waals surface area contributed by atoms with E-state index in [1.165, 1.54) is 22.5 Å². The molecule has 0 spiro atoms. The molecule has 0 saturated heterocycles. The third-order valence-electron chi connectivity index (χ3n) is 4.70. The molecule has 168 valence electrons. The minimum Gasteiger partial charge on any atom is -0.288 e. The van der Waals surface area contributed by atoms with E-state index in [1.807, 2.05) is 66.0 Å². The van der Waals surface area contributed by atoms with Crippen molar-refractivity contribution < 1.29 is 14.8 Å². The SMILES string of the molecule is O=C(NO)c1cnc(N/N=C2/C(=O)N(c3nc(-c4ccccc4)cs3)N=C2c2ccccc2)s1. The summed E-state index contributed by atoms with van der Waals surface area (Å²) in [4.78, 5) is 33.7. The van der Waals surface area contributed by atoms with Gasteiger partial charge in [0.2, 0.25) is 10.3 Å². The van der Waals surface area contributed by atoms with Gasteiger partial charge in [0.15, 0.2) is 5.71 Å². The highest BCUT2D eigenvalue weighted by Crippen LogP contribution is 2.30. The first kappa shape index (κ1) is 21.6. The molecule has 3 heterocycles. The normalized spacial score (nSPS) is 14.4. The van der Waals surface area contributed by atoms with Crippen molar-refractivity contribution >= 4 is 56.2 Å². The van der Waals surface area contributed by atoms with Crippen molar-refractivity contribution in [3.8, 4) is 11.3 Å². The smallest absolute Gasteiger partial charge is 0.288 e. The molecule has 0 fully saturated rings. The molecule has 5 rings (SSSR count). The Balaban J connectivity index is 1.47. The third kappa shape index (κ3) is 4.20. The Hall–Kier alpha value is -4.26. The van der Waals surface area contributed by atoms with Gasteiger partial charge in [0.1, 0.15) is 10.6 Å². The predicted octanol–water partition coefficient (Wildman–Crippen LogP) is 3.60. The van der Waals surface area contributed by atoms with Gasteiger partial charge in [-0.15, -0.1) is 11.3 Å². The Kier molecular flexibility index (Phi) is 5.91. The van der Waals surface area contributed by atoms with Gasteiger partial charge in [-0.1, -0.05) is 72.0 Å². The molecule has 0 bridgehead atoms. The van der Waals surface area contributed by atoms with E-state index in [2.05, 4.69) is 25.6 Å². The molecule has 4 aromatic rings. The van der Waals surface area contributed by atoms with Crippen molar-refractivity contribution in [3.63, 3.8) is 0 Å². The molecule has 10 nitrogen and oxygen atoms in total. The molecule has 0 unspecified atom stereocenters. The maximum Gasteiger partial charge on any atom is 0.303 e. The summed E-state index contributed by atoms with van der Waals surface area (Å²) in [5, 5.41) is 21.3. The number of hydrogen-bond acceptors (Lipinski definition) is 10. The lowest BCUT2D eigenvalue weighted by Crippen LogP contribution is -2.28. The van der Waals surface area contributed by atoms with Crippen LogP contribution in [-0.4, -0.2) is 38.4 Å². The van der Waals surface area contributed by atoms with Crippen LogP contribution < -0.4 is 15.9 Å². The molecule has 0 radical (unpaired) electrons. The lowest BCUT2D eigenvalue weighted by molar-refractivity contribution is -0.112. The van der Waals surface area contributed by atoms with Crippen LogP contribution in [0.15, 0.2) is 82.4 Å². The van der Waals surface area contributed by atoms with Crippen LogP contribution >= 0.6 is 22.7 Å². The Labute approximate surface area is 200 Å². The summed E-state index contributed by atoms with van der Waals surface area (Å²) >= 11 is 2.27. The van der Waals surface area contributed by atoms with Gasteiger partial charge in [0.05, 0.1) is 11.9 Å². The van der Waals surface area contributed by atoms with Crippen LogP contribution in [0.25, 0.3) is 11.3 Å². The number of aromatic nitrogens is 2. The highest BCUT2D eigenvalue weighted by atomic mass is 32.1. The summed E-state index contributed by atoms with van der Waals surface area (Å²) in [6.45, 7) is 0. The Morgan fingerprint density at radius 2 is 1.74 bits per heavy atom. The number of hydrogen-bond donors (Lipinski definition) is 3. The van der Waals surface area contributed by atoms with Crippen LogP contribution in [0.4, 0.5) is 10.3 Å². The number of rotatable bonds is 6. The zero-order chi connectivity index (χ0) is 23.5. The van der Waals surface area contributed by atoms with Crippen molar-refractivity contribution in [2.75, 3.05) is 10.4 Å². The molecule has 0 saturated carbocycles. The summed E-state index contributed by atoms with van der Waals surface area (Å²) in [6, 6.07) is 18.9. The fraction of sp³-hybridized carbons (Fsp3) is 0. The molecular weight excluding hydrogens is 474 g/mol. The number of thiazole rings is 2. The molecule has 2 amide bonds. The Morgan fingerprint density at radius 3 is 2.44 bits per heavy atom. The summed E-state index contributed by atoms with van der Waals surface area (Å²) in [5.41, 5.74) is 7.09. The molecule has 34 heavy (non-hydrogen) atoms. The van der Waals surface area contributed by atoms with Crippen LogP contribution in [0.1, 0.15) is 15.2 Å². The van der Waals surface area contributed by atoms with Gasteiger partial charge in [-0.05, 0) is 0 Å². The van der Waals surface area contributed by atoms with Gasteiger partial charge in [0, 0.05) is 16.5 Å². The van der Waals surface area contributed by atoms with Crippen LogP contribution in [0, 0.1) is 0 Å². The Bertz CT molecular complexity index is 1410. The van der Waals surface area contributed by atoms with E-state index < -0.39 is 11.8 Å². The second-order valence-electron chi connectivity index (χ2n) is 6.86. The maximum absolute atomic E-state index is 13.3. The van der Waals surface area contributed by atoms with Crippen LogP contribution in [0.2, 0.25) is 0 Å². The monoisotopic (exact) mass is 489 g/mol. The lowest BCUT2D eigenvalue weighted by Gasteiger charge is -2.06. The summed E-state index contributed by atoms with van der Waals surface area (Å²) in [5.74, 6) is -1.14. The molecule has 2 aromatic carbocycles. The van der Waals surface area contributed by atoms with E-state index in [-0.39, 0.29) is 15.7 Å². The lowest BCUT2D eigenvalue weighted by atomic mass is 10.1. The number of carbonyl (C=O) groups excluding carboxylic acids is 2. The molecule has 3 N–H and O–H groups in total. The van der Waals surface area contributed by atoms with Crippen molar-refractivity contribution in [2.24, 2.45) is 10.2 Å². The van der Waals surface area contributed by atoms with Gasteiger partial charge in [-0.3, -0.25) is 20.2 Å². The van der Waals surface area contributed by atoms with Gasteiger partial charge < -0.3 is 0 Å². The molecular formula is C22H15N7O3S2. The third-order valence-corrected chi connectivity index (χ3v) is 6.42. The molecule has 1 aliphatic heterocycles. The van der Waals surface area contributed by atoms with E-state index >= 15 is 0 Å². The standard InChI is InChI=1S/C22H15N7O3S2/c30-19(28-32)16-11-23-21(34-16)26-25-18-17(14-9-5-2-6-10-14)27-29(20(18)31)22-24-15(12-33-22)13-7-3-1-4-8-13/h1-12,32H,(H,23,26)(H,28,30)/b25-18+. The van der Waals surface area contributed by atoms with Gasteiger partial charge in [-0.2, -0.15) is 15.2 Å². The largest absolute Gasteiger partial charge is 0.303 e. The average molecular weight is 490 g/mol. The van der Waals surface area contributed by atoms with E-state index in [0.717, 1.165) is 22.6 Å². The second kappa shape index (κ2) is 9.31. The molecule has 2 aromatic heterocycles. The van der Waals surface area contributed by atoms with E-state index in [4.69, 9.17) is 5.21 Å². The van der Waals surface area contributed by atoms with Crippen molar-refractivity contribution in [1.82, 2.24) is 15.4 Å². The van der Waals surface area contributed by atoms with Crippen molar-refractivity contribution in [3.05, 3.63) is 82.7 Å². The van der Waals surface area contributed by atoms with E-state index in [1.54, 1.807) is 5.48 Å². The molecule has 12 heteroatoms. The Morgan fingerprint density at radius 1 is 1.03 bits per heavy atom. The second-order valence-corrected chi connectivity index (χ2v) is 8.72. The summed E-state index contributed by atoms with van der Waals surface area (Å²) in [6.07, 6.45) is 1.29. The molecule has 0 aliphatic carbocycles. The van der Waals surface area contributed by atoms with E-state index in [9.17, 15) is 9.59 Å². The predicted molar refractivity (Wildman–Crippen MR) is 130 cm³/mol. The zero-order valence-corrected chi connectivity index (χ0v) is 18.9. The number of hydrazone groups is 2. The average Bonchev–Trinajstić information content (AvgIpc) is 3.62. The number of carbonyl (C=O) groups is 2. The van der Waals surface area contributed by atoms with Gasteiger partial charge >= 0.3 is 5.91 Å². The maximum atomic E-state index is 13.3. The quantitative estimate of drug-likeness (QED) is 0.280. The van der Waals surface area contributed by atoms with Crippen molar-refractivity contribution in [2.45, 2.75) is 0 Å². The van der Waals surface area contributed by atoms with E-state index in [0.29, 0.717) is 16.4 Å². The first-order valence-corrected chi connectivity index (χ1v) is 11.6. The topological polar surface area (TPSA) is 132 Å². The first-order chi connectivity index (χ1) is 16.6. The number of nitrogens with zero attached hydrogens (tertiary/aromatic N) is 5. The molecule has 0 atom stereocenters. The molecule has 1 aliphatic rings. The highest BCUT2D eigenvalue weighted by Gasteiger charge is 2.35. The van der Waals surface area contributed by atoms with Gasteiger partial charge in [-0.25, -0.2) is 15.4 Å². The summed E-state index contributed by atoms with van der Waals surface area (Å²) in [7, 11) is 0. The number of anilines is 2. The van der Waals surface area contributed by atoms with Gasteiger partial charge in [0.25, 0.3) is 5.91 Å². The zero-order valence-electron chi connectivity index (χ0n) is 17.2.